The number of ether oxygens (including phenoxy) is 1. The number of methoxy groups -OCH3 is 1. The van der Waals surface area contributed by atoms with Crippen molar-refractivity contribution in [1.29, 1.82) is 0 Å². The van der Waals surface area contributed by atoms with Crippen LogP contribution in [-0.2, 0) is 6.18 Å². The van der Waals surface area contributed by atoms with E-state index in [2.05, 4.69) is 14.7 Å². The first-order valence-electron chi connectivity index (χ1n) is 4.70. The van der Waals surface area contributed by atoms with Crippen molar-refractivity contribution in [3.8, 4) is 5.88 Å². The van der Waals surface area contributed by atoms with Crippen LogP contribution in [0.25, 0.3) is 10.9 Å². The largest absolute Gasteiger partial charge is 0.481 e. The lowest BCUT2D eigenvalue weighted by atomic mass is 10.1. The van der Waals surface area contributed by atoms with Gasteiger partial charge >= 0.3 is 12.1 Å². The highest BCUT2D eigenvalue weighted by molar-refractivity contribution is 5.95. The summed E-state index contributed by atoms with van der Waals surface area (Å²) in [5, 5.41) is 8.46. The zero-order chi connectivity index (χ0) is 13.5. The van der Waals surface area contributed by atoms with Gasteiger partial charge < -0.3 is 14.8 Å². The Balaban J connectivity index is 2.81. The molecule has 0 aliphatic heterocycles. The first-order chi connectivity index (χ1) is 8.34. The molecule has 18 heavy (non-hydrogen) atoms. The molecule has 5 nitrogen and oxygen atoms in total. The van der Waals surface area contributed by atoms with Crippen LogP contribution in [0.2, 0.25) is 0 Å². The molecule has 0 bridgehead atoms. The molecule has 0 aliphatic rings. The molecule has 0 fully saturated rings. The van der Waals surface area contributed by atoms with Gasteiger partial charge in [0, 0.05) is 5.39 Å². The average Bonchev–Trinajstić information content (AvgIpc) is 2.69. The van der Waals surface area contributed by atoms with E-state index in [1.54, 1.807) is 0 Å². The number of pyridine rings is 1. The molecule has 2 heterocycles. The van der Waals surface area contributed by atoms with Crippen molar-refractivity contribution >= 4 is 16.9 Å². The van der Waals surface area contributed by atoms with E-state index in [4.69, 9.17) is 5.11 Å². The maximum absolute atomic E-state index is 12.9. The van der Waals surface area contributed by atoms with Gasteiger partial charge in [0.05, 0.1) is 18.8 Å². The summed E-state index contributed by atoms with van der Waals surface area (Å²) < 4.78 is 43.2. The lowest BCUT2D eigenvalue weighted by molar-refractivity contribution is -0.137. The van der Waals surface area contributed by atoms with E-state index in [0.717, 1.165) is 19.4 Å². The number of carboxylic acid groups (broad SMARTS) is 1. The average molecular weight is 260 g/mol. The number of hydrogen-bond acceptors (Lipinski definition) is 3. The van der Waals surface area contributed by atoms with Gasteiger partial charge in [-0.05, 0) is 6.07 Å². The lowest BCUT2D eigenvalue weighted by Crippen LogP contribution is -2.09. The summed E-state index contributed by atoms with van der Waals surface area (Å²) in [6.45, 7) is 0. The van der Waals surface area contributed by atoms with Crippen LogP contribution in [0.3, 0.4) is 0 Å². The number of hydrogen-bond donors (Lipinski definition) is 2. The van der Waals surface area contributed by atoms with Gasteiger partial charge in [0.1, 0.15) is 11.3 Å². The van der Waals surface area contributed by atoms with Crippen molar-refractivity contribution in [2.75, 3.05) is 7.11 Å². The number of aromatic nitrogens is 2. The van der Waals surface area contributed by atoms with Gasteiger partial charge in [0.2, 0.25) is 5.88 Å². The Morgan fingerprint density at radius 3 is 2.67 bits per heavy atom. The summed E-state index contributed by atoms with van der Waals surface area (Å²) in [6.07, 6.45) is -3.59. The van der Waals surface area contributed by atoms with Crippen LogP contribution in [0.15, 0.2) is 12.3 Å². The highest BCUT2D eigenvalue weighted by Crippen LogP contribution is 2.40. The first kappa shape index (κ1) is 12.2. The molecule has 0 amide bonds. The fraction of sp³-hybridized carbons (Fsp3) is 0.200. The van der Waals surface area contributed by atoms with Crippen LogP contribution in [-0.4, -0.2) is 28.2 Å². The van der Waals surface area contributed by atoms with Crippen molar-refractivity contribution in [3.05, 3.63) is 23.5 Å². The van der Waals surface area contributed by atoms with Gasteiger partial charge in [0.25, 0.3) is 0 Å². The number of carbonyl (C=O) groups is 1. The van der Waals surface area contributed by atoms with Crippen LogP contribution in [0.1, 0.15) is 16.1 Å². The summed E-state index contributed by atoms with van der Waals surface area (Å²) in [6, 6.07) is 0.907. The van der Waals surface area contributed by atoms with E-state index in [9.17, 15) is 18.0 Å². The summed E-state index contributed by atoms with van der Waals surface area (Å²) in [5.41, 5.74) is -1.45. The second-order valence-corrected chi connectivity index (χ2v) is 3.46. The molecule has 0 aromatic carbocycles. The molecule has 2 rings (SSSR count). The first-order valence-corrected chi connectivity index (χ1v) is 4.70. The molecule has 0 atom stereocenters. The second-order valence-electron chi connectivity index (χ2n) is 3.46. The monoisotopic (exact) mass is 260 g/mol. The van der Waals surface area contributed by atoms with Gasteiger partial charge in [-0.2, -0.15) is 13.2 Å². The Labute approximate surface area is 98.2 Å². The van der Waals surface area contributed by atoms with Crippen LogP contribution >= 0.6 is 0 Å². The van der Waals surface area contributed by atoms with E-state index in [1.807, 2.05) is 0 Å². The van der Waals surface area contributed by atoms with Crippen molar-refractivity contribution in [1.82, 2.24) is 9.97 Å². The summed E-state index contributed by atoms with van der Waals surface area (Å²) in [4.78, 5) is 16.6. The number of fused-ring (bicyclic) bond motifs is 1. The lowest BCUT2D eigenvalue weighted by Gasteiger charge is -2.11. The van der Waals surface area contributed by atoms with Crippen LogP contribution in [0, 0.1) is 0 Å². The number of H-pyrrole nitrogens is 1. The zero-order valence-electron chi connectivity index (χ0n) is 9.00. The predicted molar refractivity (Wildman–Crippen MR) is 54.6 cm³/mol. The van der Waals surface area contributed by atoms with Crippen molar-refractivity contribution < 1.29 is 27.8 Å². The highest BCUT2D eigenvalue weighted by Gasteiger charge is 2.38. The minimum atomic E-state index is -4.68. The molecule has 0 saturated carbocycles. The third-order valence-corrected chi connectivity index (χ3v) is 2.35. The fourth-order valence-electron chi connectivity index (χ4n) is 1.63. The molecule has 8 heteroatoms. The van der Waals surface area contributed by atoms with Gasteiger partial charge in [-0.1, -0.05) is 0 Å². The number of nitrogens with zero attached hydrogens (tertiary/aromatic N) is 1. The van der Waals surface area contributed by atoms with E-state index in [-0.39, 0.29) is 16.6 Å². The quantitative estimate of drug-likeness (QED) is 0.868. The number of nitrogens with one attached hydrogen (secondary N) is 1. The van der Waals surface area contributed by atoms with Gasteiger partial charge in [-0.25, -0.2) is 9.78 Å². The maximum Gasteiger partial charge on any atom is 0.422 e. The van der Waals surface area contributed by atoms with Gasteiger partial charge in [-0.3, -0.25) is 0 Å². The summed E-state index contributed by atoms with van der Waals surface area (Å²) in [5.74, 6) is -1.94. The van der Waals surface area contributed by atoms with E-state index in [1.165, 1.54) is 0 Å². The SMILES string of the molecule is COc1ncc2[nH]c(C(=O)O)cc2c1C(F)(F)F. The number of halogens is 3. The number of carboxylic acids is 1. The molecule has 0 aliphatic carbocycles. The number of rotatable bonds is 2. The molecule has 0 saturated heterocycles. The Morgan fingerprint density at radius 1 is 1.50 bits per heavy atom. The molecule has 2 aromatic rings. The minimum Gasteiger partial charge on any atom is -0.481 e. The second kappa shape index (κ2) is 3.90. The number of aromatic carboxylic acids is 1. The predicted octanol–water partition coefficient (Wildman–Crippen LogP) is 2.29. The molecule has 2 aromatic heterocycles. The van der Waals surface area contributed by atoms with Crippen LogP contribution in [0.4, 0.5) is 13.2 Å². The Bertz CT molecular complexity index is 619. The molecule has 0 radical (unpaired) electrons. The van der Waals surface area contributed by atoms with E-state index in [0.29, 0.717) is 0 Å². The normalized spacial score (nSPS) is 11.8. The smallest absolute Gasteiger partial charge is 0.422 e. The van der Waals surface area contributed by atoms with Gasteiger partial charge in [0.15, 0.2) is 0 Å². The van der Waals surface area contributed by atoms with Crippen molar-refractivity contribution in [3.63, 3.8) is 0 Å². The van der Waals surface area contributed by atoms with Crippen molar-refractivity contribution in [2.45, 2.75) is 6.18 Å². The molecule has 2 N–H and O–H groups in total. The third kappa shape index (κ3) is 1.85. The Hall–Kier alpha value is -2.25. The Kier molecular flexibility index (Phi) is 2.64. The molecule has 96 valence electrons. The van der Waals surface area contributed by atoms with Crippen molar-refractivity contribution in [2.24, 2.45) is 0 Å². The topological polar surface area (TPSA) is 75.2 Å². The third-order valence-electron chi connectivity index (χ3n) is 2.35. The number of aromatic amines is 1. The maximum atomic E-state index is 12.9. The van der Waals surface area contributed by atoms with E-state index < -0.39 is 23.6 Å². The summed E-state index contributed by atoms with van der Waals surface area (Å²) in [7, 11) is 1.06. The Morgan fingerprint density at radius 2 is 2.17 bits per heavy atom. The molecule has 0 unspecified atom stereocenters. The van der Waals surface area contributed by atoms with E-state index >= 15 is 0 Å². The summed E-state index contributed by atoms with van der Waals surface area (Å²) >= 11 is 0. The number of alkyl halides is 3. The molecular weight excluding hydrogens is 253 g/mol. The molecular formula is C10H7F3N2O3. The molecule has 0 spiro atoms. The van der Waals surface area contributed by atoms with Gasteiger partial charge in [-0.15, -0.1) is 0 Å². The standard InChI is InChI=1S/C10H7F3N2O3/c1-18-8-7(10(11,12)13)4-2-5(9(16)17)15-6(4)3-14-8/h2-3,15H,1H3,(H,16,17). The van der Waals surface area contributed by atoms with Crippen LogP contribution in [0.5, 0.6) is 5.88 Å². The van der Waals surface area contributed by atoms with Crippen LogP contribution < -0.4 is 4.74 Å². The minimum absolute atomic E-state index is 0.0134. The fourth-order valence-corrected chi connectivity index (χ4v) is 1.63. The zero-order valence-corrected chi connectivity index (χ0v) is 9.00. The highest BCUT2D eigenvalue weighted by atomic mass is 19.4.